The molecular weight excluding hydrogens is 204 g/mol. The van der Waals surface area contributed by atoms with Crippen LogP contribution in [0, 0.1) is 0 Å². The quantitative estimate of drug-likeness (QED) is 0.568. The third-order valence-corrected chi connectivity index (χ3v) is 1.77. The normalized spacial score (nSPS) is 10.8. The van der Waals surface area contributed by atoms with Gasteiger partial charge in [-0.1, -0.05) is 11.6 Å². The van der Waals surface area contributed by atoms with E-state index < -0.39 is 5.97 Å². The molecule has 0 radical (unpaired) electrons. The second kappa shape index (κ2) is 4.81. The lowest BCUT2D eigenvalue weighted by molar-refractivity contribution is -0.137. The molecule has 0 unspecified atom stereocenters. The molecule has 14 heavy (non-hydrogen) atoms. The van der Waals surface area contributed by atoms with Gasteiger partial charge in [-0.2, -0.15) is 5.10 Å². The van der Waals surface area contributed by atoms with Gasteiger partial charge in [0.2, 0.25) is 0 Å². The first-order valence-corrected chi connectivity index (χ1v) is 4.55. The van der Waals surface area contributed by atoms with E-state index in [9.17, 15) is 4.79 Å². The molecule has 1 heterocycles. The summed E-state index contributed by atoms with van der Waals surface area (Å²) >= 11 is 5.82. The van der Waals surface area contributed by atoms with Gasteiger partial charge in [0.1, 0.15) is 5.69 Å². The Morgan fingerprint density at radius 1 is 1.79 bits per heavy atom. The number of rotatable bonds is 3. The standard InChI is InChI=1S/C9H11ClN2O2/c1-3-14-9(13)5-4-8-7(10)6-12(2)11-8/h4-6H,3H2,1-2H3. The fraction of sp³-hybridized carbons (Fsp3) is 0.333. The summed E-state index contributed by atoms with van der Waals surface area (Å²) in [5, 5.41) is 4.54. The minimum atomic E-state index is -0.394. The predicted molar refractivity (Wildman–Crippen MR) is 53.9 cm³/mol. The Morgan fingerprint density at radius 3 is 3.00 bits per heavy atom. The molecule has 0 saturated heterocycles. The van der Waals surface area contributed by atoms with Gasteiger partial charge in [0.15, 0.2) is 0 Å². The van der Waals surface area contributed by atoms with E-state index in [1.54, 1.807) is 24.9 Å². The largest absolute Gasteiger partial charge is 0.463 e. The lowest BCUT2D eigenvalue weighted by atomic mass is 10.4. The number of carbonyl (C=O) groups excluding carboxylic acids is 1. The van der Waals surface area contributed by atoms with Gasteiger partial charge in [0, 0.05) is 19.3 Å². The van der Waals surface area contributed by atoms with Crippen LogP contribution in [0.3, 0.4) is 0 Å². The summed E-state index contributed by atoms with van der Waals surface area (Å²) in [6.07, 6.45) is 4.49. The monoisotopic (exact) mass is 214 g/mol. The first-order valence-electron chi connectivity index (χ1n) is 4.17. The van der Waals surface area contributed by atoms with Gasteiger partial charge in [-0.05, 0) is 13.0 Å². The summed E-state index contributed by atoms with van der Waals surface area (Å²) in [6, 6.07) is 0. The van der Waals surface area contributed by atoms with Crippen molar-refractivity contribution >= 4 is 23.6 Å². The first-order chi connectivity index (χ1) is 6.63. The van der Waals surface area contributed by atoms with Crippen molar-refractivity contribution in [1.29, 1.82) is 0 Å². The number of nitrogens with zero attached hydrogens (tertiary/aromatic N) is 2. The summed E-state index contributed by atoms with van der Waals surface area (Å²) < 4.78 is 6.28. The van der Waals surface area contributed by atoms with Gasteiger partial charge >= 0.3 is 5.97 Å². The maximum atomic E-state index is 10.9. The van der Waals surface area contributed by atoms with Crippen LogP contribution in [0.4, 0.5) is 0 Å². The summed E-state index contributed by atoms with van der Waals surface area (Å²) in [5.41, 5.74) is 0.558. The van der Waals surface area contributed by atoms with E-state index in [1.165, 1.54) is 12.2 Å². The van der Waals surface area contributed by atoms with Crippen LogP contribution in [0.5, 0.6) is 0 Å². The SMILES string of the molecule is CCOC(=O)C=Cc1nn(C)cc1Cl. The van der Waals surface area contributed by atoms with E-state index in [2.05, 4.69) is 5.10 Å². The summed E-state index contributed by atoms with van der Waals surface area (Å²) in [7, 11) is 1.76. The zero-order valence-corrected chi connectivity index (χ0v) is 8.78. The maximum absolute atomic E-state index is 10.9. The molecule has 0 amide bonds. The first kappa shape index (κ1) is 10.8. The number of halogens is 1. The number of hydrogen-bond acceptors (Lipinski definition) is 3. The molecule has 0 fully saturated rings. The lowest BCUT2D eigenvalue weighted by Crippen LogP contribution is -1.98. The van der Waals surface area contributed by atoms with E-state index >= 15 is 0 Å². The fourth-order valence-corrected chi connectivity index (χ4v) is 1.17. The molecule has 76 valence electrons. The van der Waals surface area contributed by atoms with Crippen molar-refractivity contribution in [3.63, 3.8) is 0 Å². The Labute approximate surface area is 87.1 Å². The fourth-order valence-electron chi connectivity index (χ4n) is 0.927. The van der Waals surface area contributed by atoms with Crippen LogP contribution in [0.2, 0.25) is 5.02 Å². The van der Waals surface area contributed by atoms with E-state index in [1.807, 2.05) is 0 Å². The van der Waals surface area contributed by atoms with Crippen molar-refractivity contribution in [1.82, 2.24) is 9.78 Å². The van der Waals surface area contributed by atoms with Gasteiger partial charge in [0.25, 0.3) is 0 Å². The Morgan fingerprint density at radius 2 is 2.50 bits per heavy atom. The predicted octanol–water partition coefficient (Wildman–Crippen LogP) is 1.65. The Balaban J connectivity index is 2.68. The van der Waals surface area contributed by atoms with Crippen molar-refractivity contribution in [2.75, 3.05) is 6.61 Å². The van der Waals surface area contributed by atoms with Crippen LogP contribution in [0.15, 0.2) is 12.3 Å². The molecule has 0 saturated carbocycles. The second-order valence-electron chi connectivity index (χ2n) is 2.62. The molecule has 5 heteroatoms. The molecule has 0 spiro atoms. The maximum Gasteiger partial charge on any atom is 0.330 e. The second-order valence-corrected chi connectivity index (χ2v) is 3.03. The third kappa shape index (κ3) is 2.88. The van der Waals surface area contributed by atoms with Crippen LogP contribution in [0.25, 0.3) is 6.08 Å². The third-order valence-electron chi connectivity index (χ3n) is 1.47. The highest BCUT2D eigenvalue weighted by molar-refractivity contribution is 6.31. The molecule has 0 aliphatic heterocycles. The van der Waals surface area contributed by atoms with E-state index in [0.29, 0.717) is 17.3 Å². The summed E-state index contributed by atoms with van der Waals surface area (Å²) in [4.78, 5) is 10.9. The molecule has 0 bridgehead atoms. The number of carbonyl (C=O) groups is 1. The van der Waals surface area contributed by atoms with Crippen molar-refractivity contribution in [2.45, 2.75) is 6.92 Å². The minimum Gasteiger partial charge on any atom is -0.463 e. The summed E-state index contributed by atoms with van der Waals surface area (Å²) in [6.45, 7) is 2.11. The number of esters is 1. The van der Waals surface area contributed by atoms with E-state index in [4.69, 9.17) is 16.3 Å². The molecule has 0 aliphatic carbocycles. The minimum absolute atomic E-state index is 0.360. The Kier molecular flexibility index (Phi) is 3.71. The van der Waals surface area contributed by atoms with Crippen molar-refractivity contribution in [3.8, 4) is 0 Å². The van der Waals surface area contributed by atoms with Crippen molar-refractivity contribution < 1.29 is 9.53 Å². The van der Waals surface area contributed by atoms with E-state index in [-0.39, 0.29) is 0 Å². The molecular formula is C9H11ClN2O2. The van der Waals surface area contributed by atoms with Gasteiger partial charge in [0.05, 0.1) is 11.6 Å². The van der Waals surface area contributed by atoms with Crippen LogP contribution in [-0.2, 0) is 16.6 Å². The van der Waals surface area contributed by atoms with Gasteiger partial charge in [-0.3, -0.25) is 4.68 Å². The number of aromatic nitrogens is 2. The molecule has 1 aromatic rings. The van der Waals surface area contributed by atoms with Gasteiger partial charge in [-0.15, -0.1) is 0 Å². The van der Waals surface area contributed by atoms with Gasteiger partial charge < -0.3 is 4.74 Å². The van der Waals surface area contributed by atoms with E-state index in [0.717, 1.165) is 0 Å². The zero-order valence-electron chi connectivity index (χ0n) is 8.03. The number of aryl methyl sites for hydroxylation is 1. The van der Waals surface area contributed by atoms with Crippen LogP contribution in [-0.4, -0.2) is 22.4 Å². The highest BCUT2D eigenvalue weighted by Gasteiger charge is 2.02. The highest BCUT2D eigenvalue weighted by atomic mass is 35.5. The molecule has 1 rings (SSSR count). The molecule has 0 aliphatic rings. The number of ether oxygens (including phenoxy) is 1. The van der Waals surface area contributed by atoms with Crippen molar-refractivity contribution in [2.24, 2.45) is 7.05 Å². The van der Waals surface area contributed by atoms with Crippen molar-refractivity contribution in [3.05, 3.63) is 23.0 Å². The average Bonchev–Trinajstić information content (AvgIpc) is 2.42. The molecule has 1 aromatic heterocycles. The zero-order chi connectivity index (χ0) is 10.6. The number of hydrogen-bond donors (Lipinski definition) is 0. The molecule has 0 N–H and O–H groups in total. The summed E-state index contributed by atoms with van der Waals surface area (Å²) in [5.74, 6) is -0.394. The molecule has 4 nitrogen and oxygen atoms in total. The van der Waals surface area contributed by atoms with Gasteiger partial charge in [-0.25, -0.2) is 4.79 Å². The average molecular weight is 215 g/mol. The molecule has 0 atom stereocenters. The molecule has 0 aromatic carbocycles. The highest BCUT2D eigenvalue weighted by Crippen LogP contribution is 2.14. The lowest BCUT2D eigenvalue weighted by Gasteiger charge is -1.93. The Bertz CT molecular complexity index is 358. The van der Waals surface area contributed by atoms with Crippen LogP contribution in [0.1, 0.15) is 12.6 Å². The Hall–Kier alpha value is -1.29. The van der Waals surface area contributed by atoms with Crippen LogP contribution < -0.4 is 0 Å². The van der Waals surface area contributed by atoms with Crippen LogP contribution >= 0.6 is 11.6 Å². The smallest absolute Gasteiger partial charge is 0.330 e. The topological polar surface area (TPSA) is 44.1 Å².